The van der Waals surface area contributed by atoms with Crippen molar-refractivity contribution in [2.45, 2.75) is 25.1 Å². The molecule has 1 heterocycles. The number of fused-ring (bicyclic) bond motifs is 1. The Morgan fingerprint density at radius 1 is 1.03 bits per heavy atom. The molecule has 0 aliphatic heterocycles. The summed E-state index contributed by atoms with van der Waals surface area (Å²) in [5.74, 6) is -2.95. The number of carbonyl (C=O) groups excluding carboxylic acids is 2. The van der Waals surface area contributed by atoms with Gasteiger partial charge in [0.1, 0.15) is 12.5 Å². The molecule has 3 rings (SSSR count). The number of benzene rings is 2. The van der Waals surface area contributed by atoms with Gasteiger partial charge in [-0.15, -0.1) is 0 Å². The zero-order valence-electron chi connectivity index (χ0n) is 16.5. The second-order valence-corrected chi connectivity index (χ2v) is 7.00. The zero-order valence-corrected chi connectivity index (χ0v) is 16.5. The lowest BCUT2D eigenvalue weighted by Crippen LogP contribution is -2.45. The van der Waals surface area contributed by atoms with E-state index in [4.69, 9.17) is 5.11 Å². The van der Waals surface area contributed by atoms with E-state index in [-0.39, 0.29) is 6.42 Å². The van der Waals surface area contributed by atoms with Crippen molar-refractivity contribution in [1.82, 2.24) is 10.3 Å². The van der Waals surface area contributed by atoms with E-state index in [1.54, 1.807) is 24.3 Å². The van der Waals surface area contributed by atoms with Gasteiger partial charge in [0, 0.05) is 11.8 Å². The second kappa shape index (κ2) is 9.46. The summed E-state index contributed by atoms with van der Waals surface area (Å²) >= 11 is 0. The fourth-order valence-corrected chi connectivity index (χ4v) is 3.03. The number of rotatable bonds is 7. The second-order valence-electron chi connectivity index (χ2n) is 7.00. The van der Waals surface area contributed by atoms with Gasteiger partial charge in [0.05, 0.1) is 23.0 Å². The van der Waals surface area contributed by atoms with Crippen LogP contribution >= 0.6 is 0 Å². The van der Waals surface area contributed by atoms with E-state index >= 15 is 0 Å². The first-order chi connectivity index (χ1) is 15.1. The number of alkyl halides is 3. The summed E-state index contributed by atoms with van der Waals surface area (Å²) in [6.45, 7) is 0. The van der Waals surface area contributed by atoms with Crippen molar-refractivity contribution in [3.05, 3.63) is 71.9 Å². The normalized spacial score (nSPS) is 12.2. The monoisotopic (exact) mass is 445 g/mol. The highest BCUT2D eigenvalue weighted by atomic mass is 19.4. The topological polar surface area (TPSA) is 108 Å². The number of halogens is 3. The summed E-state index contributed by atoms with van der Waals surface area (Å²) in [6, 6.07) is 11.8. The Balaban J connectivity index is 1.79. The minimum Gasteiger partial charge on any atom is -0.481 e. The third-order valence-corrected chi connectivity index (χ3v) is 4.54. The molecule has 10 heteroatoms. The van der Waals surface area contributed by atoms with Crippen LogP contribution in [0.15, 0.2) is 60.8 Å². The van der Waals surface area contributed by atoms with Crippen LogP contribution < -0.4 is 10.6 Å². The van der Waals surface area contributed by atoms with E-state index in [0.717, 1.165) is 17.5 Å². The van der Waals surface area contributed by atoms with Gasteiger partial charge in [-0.2, -0.15) is 13.2 Å². The third kappa shape index (κ3) is 6.03. The lowest BCUT2D eigenvalue weighted by Gasteiger charge is -2.19. The number of nitrogens with one attached hydrogen (secondary N) is 2. The minimum atomic E-state index is -4.51. The summed E-state index contributed by atoms with van der Waals surface area (Å²) in [5, 5.41) is 14.5. The lowest BCUT2D eigenvalue weighted by atomic mass is 10.0. The summed E-state index contributed by atoms with van der Waals surface area (Å²) in [5.41, 5.74) is 0.560. The fourth-order valence-electron chi connectivity index (χ4n) is 3.03. The number of carbonyl (C=O) groups is 3. The van der Waals surface area contributed by atoms with Crippen molar-refractivity contribution in [3.63, 3.8) is 0 Å². The number of carboxylic acids is 1. The number of amides is 2. The Labute approximate surface area is 180 Å². The molecule has 1 aromatic heterocycles. The van der Waals surface area contributed by atoms with Gasteiger partial charge >= 0.3 is 12.1 Å². The molecule has 0 saturated carbocycles. The molecular formula is C22H18F3N3O4. The molecule has 0 unspecified atom stereocenters. The Hall–Kier alpha value is -3.95. The zero-order chi connectivity index (χ0) is 23.3. The molecule has 0 bridgehead atoms. The van der Waals surface area contributed by atoms with Gasteiger partial charge in [-0.05, 0) is 29.8 Å². The molecule has 32 heavy (non-hydrogen) atoms. The molecule has 0 radical (unpaired) electrons. The molecule has 0 aliphatic rings. The maximum Gasteiger partial charge on any atom is 0.416 e. The van der Waals surface area contributed by atoms with Gasteiger partial charge < -0.3 is 15.7 Å². The molecule has 2 aromatic carbocycles. The average molecular weight is 445 g/mol. The highest BCUT2D eigenvalue weighted by molar-refractivity contribution is 6.00. The Morgan fingerprint density at radius 2 is 1.72 bits per heavy atom. The number of hydrogen-bond donors (Lipinski definition) is 3. The molecule has 0 fully saturated rings. The number of nitrogens with zero attached hydrogens (tertiary/aromatic N) is 1. The van der Waals surface area contributed by atoms with E-state index in [1.165, 1.54) is 18.3 Å². The summed E-state index contributed by atoms with van der Waals surface area (Å²) in [4.78, 5) is 39.8. The van der Waals surface area contributed by atoms with Crippen LogP contribution in [-0.2, 0) is 27.0 Å². The molecule has 0 spiro atoms. The first-order valence-corrected chi connectivity index (χ1v) is 9.45. The molecular weight excluding hydrogens is 427 g/mol. The Kier molecular flexibility index (Phi) is 6.72. The third-order valence-electron chi connectivity index (χ3n) is 4.54. The molecule has 3 N–H and O–H groups in total. The smallest absolute Gasteiger partial charge is 0.416 e. The first kappa shape index (κ1) is 22.7. The molecule has 0 saturated heterocycles. The fraction of sp³-hybridized carbons (Fsp3) is 0.182. The van der Waals surface area contributed by atoms with Crippen LogP contribution in [0.2, 0.25) is 0 Å². The van der Waals surface area contributed by atoms with Crippen molar-refractivity contribution in [3.8, 4) is 0 Å². The number of anilines is 1. The van der Waals surface area contributed by atoms with Gasteiger partial charge in [-0.25, -0.2) is 0 Å². The summed E-state index contributed by atoms with van der Waals surface area (Å²) in [6.07, 6.45) is -4.08. The Bertz CT molecular complexity index is 1150. The number of para-hydroxylation sites is 1. The molecule has 166 valence electrons. The van der Waals surface area contributed by atoms with Crippen LogP contribution in [-0.4, -0.2) is 33.9 Å². The highest BCUT2D eigenvalue weighted by Gasteiger charge is 2.30. The van der Waals surface area contributed by atoms with Gasteiger partial charge in [0.15, 0.2) is 0 Å². The van der Waals surface area contributed by atoms with Crippen LogP contribution in [0.25, 0.3) is 10.9 Å². The van der Waals surface area contributed by atoms with Gasteiger partial charge in [-0.3, -0.25) is 19.4 Å². The van der Waals surface area contributed by atoms with E-state index in [9.17, 15) is 27.6 Å². The summed E-state index contributed by atoms with van der Waals surface area (Å²) < 4.78 is 38.3. The van der Waals surface area contributed by atoms with Gasteiger partial charge in [-0.1, -0.05) is 30.3 Å². The van der Waals surface area contributed by atoms with E-state index in [1.807, 2.05) is 6.07 Å². The quantitative estimate of drug-likeness (QED) is 0.483. The van der Waals surface area contributed by atoms with E-state index < -0.39 is 42.0 Å². The van der Waals surface area contributed by atoms with Crippen LogP contribution in [0.1, 0.15) is 17.5 Å². The van der Waals surface area contributed by atoms with Crippen LogP contribution in [0.5, 0.6) is 0 Å². The van der Waals surface area contributed by atoms with Gasteiger partial charge in [0.2, 0.25) is 11.8 Å². The van der Waals surface area contributed by atoms with Crippen molar-refractivity contribution < 1.29 is 32.7 Å². The first-order valence-electron chi connectivity index (χ1n) is 9.45. The van der Waals surface area contributed by atoms with Crippen molar-refractivity contribution >= 4 is 34.4 Å². The average Bonchev–Trinajstić information content (AvgIpc) is 2.72. The number of aromatic nitrogens is 1. The standard InChI is InChI=1S/C22H18F3N3O4/c23-22(24,25)15-7-5-13(6-8-15)9-18(28-19(29)11-20(30)31)21(32)27-16-10-14-3-1-2-4-17(14)26-12-16/h1-8,10,12,18H,9,11H2,(H,27,32)(H,28,29)(H,30,31)/t18-/m0/s1. The maximum atomic E-state index is 12.8. The van der Waals surface area contributed by atoms with Crippen molar-refractivity contribution in [2.24, 2.45) is 0 Å². The van der Waals surface area contributed by atoms with Crippen LogP contribution in [0, 0.1) is 0 Å². The van der Waals surface area contributed by atoms with Crippen LogP contribution in [0.3, 0.4) is 0 Å². The van der Waals surface area contributed by atoms with Crippen molar-refractivity contribution in [1.29, 1.82) is 0 Å². The largest absolute Gasteiger partial charge is 0.481 e. The molecule has 1 atom stereocenters. The van der Waals surface area contributed by atoms with E-state index in [0.29, 0.717) is 16.8 Å². The number of pyridine rings is 1. The van der Waals surface area contributed by atoms with Crippen LogP contribution in [0.4, 0.5) is 18.9 Å². The maximum absolute atomic E-state index is 12.8. The molecule has 2 amide bonds. The number of aliphatic carboxylic acids is 1. The predicted octanol–water partition coefficient (Wildman–Crippen LogP) is 3.39. The molecule has 7 nitrogen and oxygen atoms in total. The molecule has 0 aliphatic carbocycles. The van der Waals surface area contributed by atoms with E-state index in [2.05, 4.69) is 15.6 Å². The number of carboxylic acid groups (broad SMARTS) is 1. The summed E-state index contributed by atoms with van der Waals surface area (Å²) in [7, 11) is 0. The highest BCUT2D eigenvalue weighted by Crippen LogP contribution is 2.29. The predicted molar refractivity (Wildman–Crippen MR) is 110 cm³/mol. The minimum absolute atomic E-state index is 0.143. The lowest BCUT2D eigenvalue weighted by molar-refractivity contribution is -0.141. The SMILES string of the molecule is O=C(O)CC(=O)N[C@@H](Cc1ccc(C(F)(F)F)cc1)C(=O)Nc1cnc2ccccc2c1. The number of hydrogen-bond acceptors (Lipinski definition) is 4. The van der Waals surface area contributed by atoms with Gasteiger partial charge in [0.25, 0.3) is 0 Å². The Morgan fingerprint density at radius 3 is 2.38 bits per heavy atom. The van der Waals surface area contributed by atoms with Crippen molar-refractivity contribution in [2.75, 3.05) is 5.32 Å². The molecule has 3 aromatic rings.